The van der Waals surface area contributed by atoms with E-state index in [4.69, 9.17) is 0 Å². The third-order valence-corrected chi connectivity index (χ3v) is 10.1. The van der Waals surface area contributed by atoms with Crippen LogP contribution in [0.3, 0.4) is 0 Å². The van der Waals surface area contributed by atoms with Gasteiger partial charge in [-0.1, -0.05) is 227 Å². The van der Waals surface area contributed by atoms with Crippen molar-refractivity contribution in [2.45, 2.75) is 247 Å². The molecule has 0 fully saturated rings. The highest BCUT2D eigenvalue weighted by Gasteiger charge is 2.05. The Morgan fingerprint density at radius 2 is 0.477 bits per heavy atom. The molecule has 1 nitrogen and oxygen atoms in total. The topological polar surface area (TPSA) is 3.24 Å². The van der Waals surface area contributed by atoms with Crippen LogP contribution in [0.5, 0.6) is 0 Å². The Hall–Kier alpha value is -0.0400. The molecular formula is C43H89N. The van der Waals surface area contributed by atoms with E-state index in [1.165, 1.54) is 232 Å². The fourth-order valence-electron chi connectivity index (χ4n) is 6.94. The SMILES string of the molecule is CCCCCCCCCCCCCCCN(CCCCCCCCCCCC(C)C)CCCCCCCCCCCC(C)C. The summed E-state index contributed by atoms with van der Waals surface area (Å²) in [6.07, 6.45) is 48.2. The van der Waals surface area contributed by atoms with Crippen LogP contribution in [0.15, 0.2) is 0 Å². The van der Waals surface area contributed by atoms with Gasteiger partial charge in [0.1, 0.15) is 0 Å². The molecule has 44 heavy (non-hydrogen) atoms. The van der Waals surface area contributed by atoms with Crippen LogP contribution in [-0.2, 0) is 0 Å². The lowest BCUT2D eigenvalue weighted by molar-refractivity contribution is 0.254. The van der Waals surface area contributed by atoms with Crippen molar-refractivity contribution in [3.8, 4) is 0 Å². The molecule has 1 heteroatoms. The predicted octanol–water partition coefficient (Wildman–Crippen LogP) is 15.5. The van der Waals surface area contributed by atoms with E-state index in [2.05, 4.69) is 39.5 Å². The van der Waals surface area contributed by atoms with Crippen LogP contribution in [0.2, 0.25) is 0 Å². The highest BCUT2D eigenvalue weighted by atomic mass is 15.1. The molecular weight excluding hydrogens is 530 g/mol. The number of nitrogens with zero attached hydrogens (tertiary/aromatic N) is 1. The highest BCUT2D eigenvalue weighted by molar-refractivity contribution is 4.61. The van der Waals surface area contributed by atoms with Crippen LogP contribution in [0, 0.1) is 11.8 Å². The minimum atomic E-state index is 0.887. The zero-order chi connectivity index (χ0) is 32.2. The Labute approximate surface area is 282 Å². The Balaban J connectivity index is 3.93. The maximum Gasteiger partial charge on any atom is -0.00187 e. The fraction of sp³-hybridized carbons (Fsp3) is 1.00. The molecule has 0 heterocycles. The smallest absolute Gasteiger partial charge is 0.00187 e. The first-order valence-electron chi connectivity index (χ1n) is 21.3. The average Bonchev–Trinajstić information content (AvgIpc) is 3.00. The van der Waals surface area contributed by atoms with Crippen LogP contribution in [0.4, 0.5) is 0 Å². The number of rotatable bonds is 38. The van der Waals surface area contributed by atoms with Crippen LogP contribution in [0.1, 0.15) is 247 Å². The minimum Gasteiger partial charge on any atom is -0.303 e. The van der Waals surface area contributed by atoms with Crippen LogP contribution in [-0.4, -0.2) is 24.5 Å². The van der Waals surface area contributed by atoms with Crippen molar-refractivity contribution in [2.75, 3.05) is 19.6 Å². The van der Waals surface area contributed by atoms with E-state index in [0.717, 1.165) is 11.8 Å². The quantitative estimate of drug-likeness (QED) is 0.0621. The summed E-state index contributed by atoms with van der Waals surface area (Å²) in [5, 5.41) is 0. The first-order valence-corrected chi connectivity index (χ1v) is 21.3. The molecule has 0 aliphatic carbocycles. The van der Waals surface area contributed by atoms with Gasteiger partial charge in [0, 0.05) is 0 Å². The Morgan fingerprint density at radius 1 is 0.273 bits per heavy atom. The Morgan fingerprint density at radius 3 is 0.705 bits per heavy atom. The van der Waals surface area contributed by atoms with Gasteiger partial charge in [-0.05, 0) is 50.7 Å². The summed E-state index contributed by atoms with van der Waals surface area (Å²) < 4.78 is 0. The summed E-state index contributed by atoms with van der Waals surface area (Å²) in [6, 6.07) is 0. The molecule has 0 aliphatic rings. The number of hydrogen-bond donors (Lipinski definition) is 0. The van der Waals surface area contributed by atoms with Gasteiger partial charge in [0.25, 0.3) is 0 Å². The minimum absolute atomic E-state index is 0.887. The molecule has 0 radical (unpaired) electrons. The largest absolute Gasteiger partial charge is 0.303 e. The molecule has 0 aromatic heterocycles. The van der Waals surface area contributed by atoms with Crippen molar-refractivity contribution in [3.63, 3.8) is 0 Å². The second-order valence-electron chi connectivity index (χ2n) is 15.8. The van der Waals surface area contributed by atoms with Gasteiger partial charge in [0.05, 0.1) is 0 Å². The van der Waals surface area contributed by atoms with Gasteiger partial charge in [-0.3, -0.25) is 0 Å². The van der Waals surface area contributed by atoms with E-state index in [9.17, 15) is 0 Å². The van der Waals surface area contributed by atoms with E-state index in [1.54, 1.807) is 0 Å². The summed E-state index contributed by atoms with van der Waals surface area (Å²) >= 11 is 0. The van der Waals surface area contributed by atoms with Crippen molar-refractivity contribution in [1.82, 2.24) is 4.90 Å². The number of hydrogen-bond acceptors (Lipinski definition) is 1. The lowest BCUT2D eigenvalue weighted by Crippen LogP contribution is -2.27. The van der Waals surface area contributed by atoms with Gasteiger partial charge < -0.3 is 4.90 Å². The molecule has 0 amide bonds. The summed E-state index contributed by atoms with van der Waals surface area (Å²) in [5.41, 5.74) is 0. The van der Waals surface area contributed by atoms with E-state index in [0.29, 0.717) is 0 Å². The third-order valence-electron chi connectivity index (χ3n) is 10.1. The van der Waals surface area contributed by atoms with E-state index >= 15 is 0 Å². The molecule has 0 aliphatic heterocycles. The summed E-state index contributed by atoms with van der Waals surface area (Å²) in [6.45, 7) is 15.9. The van der Waals surface area contributed by atoms with E-state index in [1.807, 2.05) is 0 Å². The van der Waals surface area contributed by atoms with Gasteiger partial charge in [-0.15, -0.1) is 0 Å². The second kappa shape index (κ2) is 37.4. The van der Waals surface area contributed by atoms with Gasteiger partial charge in [-0.25, -0.2) is 0 Å². The monoisotopic (exact) mass is 620 g/mol. The van der Waals surface area contributed by atoms with Crippen LogP contribution in [0.25, 0.3) is 0 Å². The molecule has 0 rings (SSSR count). The summed E-state index contributed by atoms with van der Waals surface area (Å²) in [7, 11) is 0. The average molecular weight is 620 g/mol. The first kappa shape index (κ1) is 44.0. The van der Waals surface area contributed by atoms with Crippen molar-refractivity contribution < 1.29 is 0 Å². The first-order chi connectivity index (χ1) is 21.6. The van der Waals surface area contributed by atoms with Crippen LogP contribution >= 0.6 is 0 Å². The van der Waals surface area contributed by atoms with E-state index < -0.39 is 0 Å². The van der Waals surface area contributed by atoms with Crippen molar-refractivity contribution in [3.05, 3.63) is 0 Å². The van der Waals surface area contributed by atoms with Crippen molar-refractivity contribution in [2.24, 2.45) is 11.8 Å². The van der Waals surface area contributed by atoms with Gasteiger partial charge in [0.15, 0.2) is 0 Å². The Kier molecular flexibility index (Phi) is 37.4. The standard InChI is InChI=1S/C43H89N/c1-6-7-8-9-10-11-12-13-14-19-24-29-34-39-44(40-35-30-25-20-15-17-22-27-32-37-42(2)3)41-36-31-26-21-16-18-23-28-33-38-43(4)5/h42-43H,6-41H2,1-5H3. The lowest BCUT2D eigenvalue weighted by Gasteiger charge is -2.22. The summed E-state index contributed by atoms with van der Waals surface area (Å²) in [4.78, 5) is 2.86. The highest BCUT2D eigenvalue weighted by Crippen LogP contribution is 2.16. The normalized spacial score (nSPS) is 12.0. The molecule has 0 aromatic rings. The van der Waals surface area contributed by atoms with Gasteiger partial charge >= 0.3 is 0 Å². The lowest BCUT2D eigenvalue weighted by atomic mass is 10.0. The maximum atomic E-state index is 2.86. The Bertz CT molecular complexity index is 467. The van der Waals surface area contributed by atoms with Gasteiger partial charge in [-0.2, -0.15) is 0 Å². The summed E-state index contributed by atoms with van der Waals surface area (Å²) in [5.74, 6) is 1.77. The maximum absolute atomic E-state index is 2.86. The molecule has 0 saturated heterocycles. The third kappa shape index (κ3) is 38.1. The molecule has 0 aromatic carbocycles. The van der Waals surface area contributed by atoms with Gasteiger partial charge in [0.2, 0.25) is 0 Å². The zero-order valence-electron chi connectivity index (χ0n) is 32.1. The predicted molar refractivity (Wildman–Crippen MR) is 204 cm³/mol. The van der Waals surface area contributed by atoms with E-state index in [-0.39, 0.29) is 0 Å². The van der Waals surface area contributed by atoms with Crippen molar-refractivity contribution >= 4 is 0 Å². The molecule has 0 spiro atoms. The molecule has 266 valence electrons. The molecule has 0 bridgehead atoms. The van der Waals surface area contributed by atoms with Crippen LogP contribution < -0.4 is 0 Å². The van der Waals surface area contributed by atoms with Crippen molar-refractivity contribution in [1.29, 1.82) is 0 Å². The fourth-order valence-corrected chi connectivity index (χ4v) is 6.94. The number of unbranched alkanes of at least 4 members (excludes halogenated alkanes) is 28. The molecule has 0 saturated carbocycles. The second-order valence-corrected chi connectivity index (χ2v) is 15.8. The molecule has 0 unspecified atom stereocenters. The molecule has 0 atom stereocenters. The zero-order valence-corrected chi connectivity index (χ0v) is 32.1. The molecule has 0 N–H and O–H groups in total.